The van der Waals surface area contributed by atoms with Crippen LogP contribution in [0, 0.1) is 0 Å². The molecule has 1 aliphatic rings. The molecule has 3 heterocycles. The second-order valence-corrected chi connectivity index (χ2v) is 5.12. The van der Waals surface area contributed by atoms with E-state index in [4.69, 9.17) is 21.4 Å². The molecule has 23 heavy (non-hydrogen) atoms. The molecule has 0 radical (unpaired) electrons. The number of fused-ring (bicyclic) bond motifs is 1. The zero-order valence-corrected chi connectivity index (χ0v) is 11.8. The topological polar surface area (TPSA) is 185 Å². The molecule has 3 rings (SSSR count). The highest BCUT2D eigenvalue weighted by Gasteiger charge is 2.44. The normalized spacial score (nSPS) is 28.6. The molecule has 4 atom stereocenters. The third kappa shape index (κ3) is 2.26. The summed E-state index contributed by atoms with van der Waals surface area (Å²) in [6.07, 6.45) is -1.91. The number of nitrogens with two attached hydrogens (primary N) is 2. The van der Waals surface area contributed by atoms with Crippen LogP contribution in [-0.4, -0.2) is 65.8 Å². The average molecular weight is 324 g/mol. The standard InChI is InChI=1S/C12H16N6O5/c13-9(17-22)4-1-18(11-6(4)10(14)15-3-16-11)12-8(21)7(20)5(2-19)23-12/h1,3,5,7-8,12,19-22H,2H2,(H2,13,17)(H2,14,15,16)/t5-,7+,8+,12-/m0/s1. The minimum atomic E-state index is -1.31. The Kier molecular flexibility index (Phi) is 3.77. The van der Waals surface area contributed by atoms with E-state index in [9.17, 15) is 15.3 Å². The summed E-state index contributed by atoms with van der Waals surface area (Å²) in [5, 5.41) is 41.4. The van der Waals surface area contributed by atoms with E-state index in [0.717, 1.165) is 0 Å². The SMILES string of the molecule is N/C(=N/O)c1cn([C@H]2O[C@@H](CO)[C@@H](O)[C@H]2O)c2ncnc(N)c12. The molecule has 1 aliphatic heterocycles. The maximum absolute atomic E-state index is 10.2. The van der Waals surface area contributed by atoms with Gasteiger partial charge in [-0.15, -0.1) is 0 Å². The molecule has 2 aromatic rings. The molecule has 0 amide bonds. The lowest BCUT2D eigenvalue weighted by Crippen LogP contribution is -2.33. The van der Waals surface area contributed by atoms with Crippen LogP contribution in [-0.2, 0) is 4.74 Å². The molecule has 0 unspecified atom stereocenters. The second-order valence-electron chi connectivity index (χ2n) is 5.12. The van der Waals surface area contributed by atoms with Gasteiger partial charge in [-0.25, -0.2) is 9.97 Å². The van der Waals surface area contributed by atoms with Gasteiger partial charge < -0.3 is 41.3 Å². The van der Waals surface area contributed by atoms with E-state index >= 15 is 0 Å². The van der Waals surface area contributed by atoms with Gasteiger partial charge in [0.2, 0.25) is 0 Å². The maximum atomic E-state index is 10.2. The highest BCUT2D eigenvalue weighted by Crippen LogP contribution is 2.34. The Morgan fingerprint density at radius 1 is 1.35 bits per heavy atom. The highest BCUT2D eigenvalue weighted by molar-refractivity contribution is 6.11. The fourth-order valence-electron chi connectivity index (χ4n) is 2.66. The number of nitrogen functional groups attached to an aromatic ring is 1. The first kappa shape index (κ1) is 15.4. The monoisotopic (exact) mass is 324 g/mol. The lowest BCUT2D eigenvalue weighted by molar-refractivity contribution is -0.0508. The fraction of sp³-hybridized carbons (Fsp3) is 0.417. The average Bonchev–Trinajstić information content (AvgIpc) is 3.07. The van der Waals surface area contributed by atoms with Gasteiger partial charge in [-0.05, 0) is 0 Å². The number of aromatic nitrogens is 3. The van der Waals surface area contributed by atoms with Crippen molar-refractivity contribution in [3.8, 4) is 0 Å². The van der Waals surface area contributed by atoms with Gasteiger partial charge in [0.15, 0.2) is 12.1 Å². The van der Waals surface area contributed by atoms with Gasteiger partial charge in [0.05, 0.1) is 17.6 Å². The fourth-order valence-corrected chi connectivity index (χ4v) is 2.66. The predicted octanol–water partition coefficient (Wildman–Crippen LogP) is -2.28. The van der Waals surface area contributed by atoms with Crippen molar-refractivity contribution in [1.29, 1.82) is 0 Å². The predicted molar refractivity (Wildman–Crippen MR) is 77.5 cm³/mol. The second kappa shape index (κ2) is 5.62. The number of hydrogen-bond donors (Lipinski definition) is 6. The molecule has 0 spiro atoms. The molecular weight excluding hydrogens is 308 g/mol. The van der Waals surface area contributed by atoms with E-state index in [1.54, 1.807) is 0 Å². The molecule has 8 N–H and O–H groups in total. The van der Waals surface area contributed by atoms with Gasteiger partial charge >= 0.3 is 0 Å². The van der Waals surface area contributed by atoms with Crippen LogP contribution in [0.1, 0.15) is 11.8 Å². The molecule has 2 aromatic heterocycles. The molecule has 1 saturated heterocycles. The zero-order chi connectivity index (χ0) is 16.7. The highest BCUT2D eigenvalue weighted by atomic mass is 16.6. The lowest BCUT2D eigenvalue weighted by atomic mass is 10.1. The number of ether oxygens (including phenoxy) is 1. The van der Waals surface area contributed by atoms with Gasteiger partial charge in [-0.1, -0.05) is 5.16 Å². The summed E-state index contributed by atoms with van der Waals surface area (Å²) in [6.45, 7) is -0.460. The van der Waals surface area contributed by atoms with Crippen LogP contribution in [0.3, 0.4) is 0 Å². The van der Waals surface area contributed by atoms with Gasteiger partial charge in [0.25, 0.3) is 0 Å². The van der Waals surface area contributed by atoms with Crippen molar-refractivity contribution < 1.29 is 25.3 Å². The number of anilines is 1. The summed E-state index contributed by atoms with van der Waals surface area (Å²) < 4.78 is 6.86. The van der Waals surface area contributed by atoms with Crippen LogP contribution in [0.25, 0.3) is 11.0 Å². The van der Waals surface area contributed by atoms with E-state index in [-0.39, 0.29) is 22.9 Å². The first-order chi connectivity index (χ1) is 11.0. The van der Waals surface area contributed by atoms with Crippen molar-refractivity contribution >= 4 is 22.7 Å². The minimum absolute atomic E-state index is 0.0992. The van der Waals surface area contributed by atoms with Crippen LogP contribution >= 0.6 is 0 Å². The van der Waals surface area contributed by atoms with Crippen LogP contribution in [0.4, 0.5) is 5.82 Å². The Balaban J connectivity index is 2.18. The number of nitrogens with zero attached hydrogens (tertiary/aromatic N) is 4. The number of aliphatic hydroxyl groups is 3. The maximum Gasteiger partial charge on any atom is 0.172 e. The smallest absolute Gasteiger partial charge is 0.172 e. The summed E-state index contributed by atoms with van der Waals surface area (Å²) >= 11 is 0. The van der Waals surface area contributed by atoms with Crippen molar-refractivity contribution in [3.63, 3.8) is 0 Å². The summed E-state index contributed by atoms with van der Waals surface area (Å²) in [5.41, 5.74) is 12.0. The summed E-state index contributed by atoms with van der Waals surface area (Å²) in [4.78, 5) is 7.94. The molecule has 0 aromatic carbocycles. The van der Waals surface area contributed by atoms with Crippen LogP contribution < -0.4 is 11.5 Å². The van der Waals surface area contributed by atoms with Gasteiger partial charge in [0, 0.05) is 6.20 Å². The third-order valence-corrected chi connectivity index (χ3v) is 3.81. The molecule has 11 nitrogen and oxygen atoms in total. The van der Waals surface area contributed by atoms with E-state index in [1.807, 2.05) is 0 Å². The van der Waals surface area contributed by atoms with Gasteiger partial charge in [-0.3, -0.25) is 0 Å². The summed E-state index contributed by atoms with van der Waals surface area (Å²) in [6, 6.07) is 0. The Bertz CT molecular complexity index is 762. The Hall–Kier alpha value is -2.47. The molecule has 1 fully saturated rings. The van der Waals surface area contributed by atoms with E-state index in [2.05, 4.69) is 15.1 Å². The van der Waals surface area contributed by atoms with E-state index < -0.39 is 31.1 Å². The molecule has 124 valence electrons. The van der Waals surface area contributed by atoms with E-state index in [0.29, 0.717) is 5.39 Å². The number of oxime groups is 1. The molecule has 0 bridgehead atoms. The number of hydrogen-bond acceptors (Lipinski definition) is 9. The minimum Gasteiger partial charge on any atom is -0.409 e. The quantitative estimate of drug-likeness (QED) is 0.156. The van der Waals surface area contributed by atoms with Crippen molar-refractivity contribution in [1.82, 2.24) is 14.5 Å². The Labute approximate surface area is 129 Å². The van der Waals surface area contributed by atoms with Crippen LogP contribution in [0.5, 0.6) is 0 Å². The summed E-state index contributed by atoms with van der Waals surface area (Å²) in [5.74, 6) is -0.121. The molecule has 0 saturated carbocycles. The molecule has 0 aliphatic carbocycles. The van der Waals surface area contributed by atoms with Gasteiger partial charge in [0.1, 0.15) is 36.1 Å². The molecular formula is C12H16N6O5. The first-order valence-electron chi connectivity index (χ1n) is 6.71. The van der Waals surface area contributed by atoms with E-state index in [1.165, 1.54) is 17.1 Å². The number of rotatable bonds is 3. The number of amidine groups is 1. The largest absolute Gasteiger partial charge is 0.409 e. The molecule has 11 heteroatoms. The third-order valence-electron chi connectivity index (χ3n) is 3.81. The van der Waals surface area contributed by atoms with Crippen LogP contribution in [0.15, 0.2) is 17.7 Å². The lowest BCUT2D eigenvalue weighted by Gasteiger charge is -2.17. The van der Waals surface area contributed by atoms with Crippen molar-refractivity contribution in [3.05, 3.63) is 18.1 Å². The van der Waals surface area contributed by atoms with Crippen molar-refractivity contribution in [2.45, 2.75) is 24.5 Å². The van der Waals surface area contributed by atoms with Crippen molar-refractivity contribution in [2.24, 2.45) is 10.9 Å². The van der Waals surface area contributed by atoms with Crippen molar-refractivity contribution in [2.75, 3.05) is 12.3 Å². The first-order valence-corrected chi connectivity index (χ1v) is 6.71. The number of aliphatic hydroxyl groups excluding tert-OH is 3. The Morgan fingerprint density at radius 2 is 2.09 bits per heavy atom. The zero-order valence-electron chi connectivity index (χ0n) is 11.8. The summed E-state index contributed by atoms with van der Waals surface area (Å²) in [7, 11) is 0. The van der Waals surface area contributed by atoms with Gasteiger partial charge in [-0.2, -0.15) is 0 Å². The Morgan fingerprint density at radius 3 is 2.70 bits per heavy atom. The van der Waals surface area contributed by atoms with Crippen LogP contribution in [0.2, 0.25) is 0 Å².